The SMILES string of the molecule is CC(C)[C@H](C(=O)N1CC[C@](O)(c2ccc(Cl)cc2)C(C)(C)C1)N1CCCC12CCC(C(N)=O)C2. The maximum Gasteiger partial charge on any atom is 0.240 e. The molecule has 1 aromatic carbocycles. The molecule has 3 N–H and O–H groups in total. The van der Waals surface area contributed by atoms with E-state index < -0.39 is 11.0 Å². The van der Waals surface area contributed by atoms with E-state index in [2.05, 4.69) is 18.7 Å². The minimum absolute atomic E-state index is 0.0909. The maximum absolute atomic E-state index is 14.1. The normalized spacial score (nSPS) is 32.4. The summed E-state index contributed by atoms with van der Waals surface area (Å²) in [7, 11) is 0. The van der Waals surface area contributed by atoms with Crippen molar-refractivity contribution >= 4 is 23.4 Å². The molecule has 3 fully saturated rings. The summed E-state index contributed by atoms with van der Waals surface area (Å²) in [5.41, 5.74) is 4.85. The molecule has 7 heteroatoms. The van der Waals surface area contributed by atoms with Crippen molar-refractivity contribution in [3.8, 4) is 0 Å². The molecule has 1 aromatic rings. The monoisotopic (exact) mass is 489 g/mol. The highest BCUT2D eigenvalue weighted by atomic mass is 35.5. The van der Waals surface area contributed by atoms with Gasteiger partial charge in [0.05, 0.1) is 11.6 Å². The zero-order valence-corrected chi connectivity index (χ0v) is 21.8. The minimum atomic E-state index is -1.03. The van der Waals surface area contributed by atoms with Crippen molar-refractivity contribution in [2.75, 3.05) is 19.6 Å². The molecular formula is C27H40ClN3O3. The number of hydrogen-bond acceptors (Lipinski definition) is 4. The fourth-order valence-electron chi connectivity index (χ4n) is 6.97. The van der Waals surface area contributed by atoms with Crippen LogP contribution in [0.3, 0.4) is 0 Å². The van der Waals surface area contributed by atoms with Crippen LogP contribution in [0.2, 0.25) is 5.02 Å². The van der Waals surface area contributed by atoms with E-state index in [1.54, 1.807) is 0 Å². The fraction of sp³-hybridized carbons (Fsp3) is 0.704. The predicted molar refractivity (Wildman–Crippen MR) is 134 cm³/mol. The lowest BCUT2D eigenvalue weighted by Crippen LogP contribution is -2.62. The molecule has 2 saturated heterocycles. The summed E-state index contributed by atoms with van der Waals surface area (Å²) >= 11 is 6.07. The van der Waals surface area contributed by atoms with Crippen LogP contribution in [0.25, 0.3) is 0 Å². The second-order valence-electron chi connectivity index (χ2n) is 11.8. The number of nitrogens with two attached hydrogens (primary N) is 1. The van der Waals surface area contributed by atoms with E-state index in [0.717, 1.165) is 44.2 Å². The van der Waals surface area contributed by atoms with Gasteiger partial charge in [-0.2, -0.15) is 0 Å². The van der Waals surface area contributed by atoms with E-state index >= 15 is 0 Å². The van der Waals surface area contributed by atoms with Crippen molar-refractivity contribution in [2.45, 2.75) is 83.4 Å². The van der Waals surface area contributed by atoms with Crippen molar-refractivity contribution in [2.24, 2.45) is 23.0 Å². The summed E-state index contributed by atoms with van der Waals surface area (Å²) in [5, 5.41) is 12.4. The lowest BCUT2D eigenvalue weighted by molar-refractivity contribution is -0.160. The molecule has 2 heterocycles. The molecular weight excluding hydrogens is 450 g/mol. The Hall–Kier alpha value is -1.63. The number of halogens is 1. The molecule has 2 amide bonds. The maximum atomic E-state index is 14.1. The predicted octanol–water partition coefficient (Wildman–Crippen LogP) is 3.93. The summed E-state index contributed by atoms with van der Waals surface area (Å²) in [6.45, 7) is 10.2. The van der Waals surface area contributed by atoms with Crippen LogP contribution in [-0.2, 0) is 15.2 Å². The molecule has 4 atom stereocenters. The van der Waals surface area contributed by atoms with Gasteiger partial charge >= 0.3 is 0 Å². The zero-order chi connectivity index (χ0) is 24.9. The highest BCUT2D eigenvalue weighted by Gasteiger charge is 2.54. The van der Waals surface area contributed by atoms with E-state index in [9.17, 15) is 14.7 Å². The molecule has 188 valence electrons. The molecule has 2 unspecified atom stereocenters. The first-order valence-electron chi connectivity index (χ1n) is 12.7. The Bertz CT molecular complexity index is 934. The molecule has 2 aliphatic heterocycles. The smallest absolute Gasteiger partial charge is 0.240 e. The van der Waals surface area contributed by atoms with Crippen LogP contribution in [0.15, 0.2) is 24.3 Å². The largest absolute Gasteiger partial charge is 0.384 e. The Labute approximate surface area is 208 Å². The van der Waals surface area contributed by atoms with Crippen molar-refractivity contribution in [3.63, 3.8) is 0 Å². The summed E-state index contributed by atoms with van der Waals surface area (Å²) in [6, 6.07) is 7.17. The average molecular weight is 490 g/mol. The van der Waals surface area contributed by atoms with Crippen molar-refractivity contribution in [1.82, 2.24) is 9.80 Å². The topological polar surface area (TPSA) is 86.9 Å². The summed E-state index contributed by atoms with van der Waals surface area (Å²) in [6.07, 6.45) is 5.06. The van der Waals surface area contributed by atoms with E-state index in [4.69, 9.17) is 17.3 Å². The van der Waals surface area contributed by atoms with Crippen molar-refractivity contribution in [3.05, 3.63) is 34.9 Å². The number of hydrogen-bond donors (Lipinski definition) is 2. The molecule has 1 spiro atoms. The van der Waals surface area contributed by atoms with E-state index in [1.807, 2.05) is 43.0 Å². The second-order valence-corrected chi connectivity index (χ2v) is 12.2. The van der Waals surface area contributed by atoms with E-state index in [1.165, 1.54) is 0 Å². The van der Waals surface area contributed by atoms with Gasteiger partial charge in [0.1, 0.15) is 0 Å². The van der Waals surface area contributed by atoms with Crippen LogP contribution in [0.1, 0.15) is 71.8 Å². The van der Waals surface area contributed by atoms with Crippen LogP contribution in [0.5, 0.6) is 0 Å². The van der Waals surface area contributed by atoms with E-state index in [0.29, 0.717) is 24.5 Å². The van der Waals surface area contributed by atoms with Gasteiger partial charge in [0, 0.05) is 35.0 Å². The fourth-order valence-corrected chi connectivity index (χ4v) is 7.09. The third-order valence-electron chi connectivity index (χ3n) is 8.94. The summed E-state index contributed by atoms with van der Waals surface area (Å²) in [5.74, 6) is -0.0115. The number of carbonyl (C=O) groups excluding carboxylic acids is 2. The Morgan fingerprint density at radius 1 is 1.12 bits per heavy atom. The number of benzene rings is 1. The number of amides is 2. The van der Waals surface area contributed by atoms with Gasteiger partial charge < -0.3 is 15.7 Å². The quantitative estimate of drug-likeness (QED) is 0.656. The molecule has 4 rings (SSSR count). The van der Waals surface area contributed by atoms with Gasteiger partial charge in [0.25, 0.3) is 0 Å². The van der Waals surface area contributed by atoms with Crippen molar-refractivity contribution in [1.29, 1.82) is 0 Å². The Morgan fingerprint density at radius 2 is 1.79 bits per heavy atom. The van der Waals surface area contributed by atoms with Crippen LogP contribution >= 0.6 is 11.6 Å². The standard InChI is InChI=1S/C27H40ClN3O3/c1-18(2)22(31-14-5-11-26(31)12-10-19(16-26)23(29)32)24(33)30-15-13-27(34,25(3,4)17-30)20-6-8-21(28)9-7-20/h6-9,18-19,22,34H,5,10-17H2,1-4H3,(H2,29,32)/t19?,22-,26?,27+/m1/s1. The van der Waals surface area contributed by atoms with Gasteiger partial charge in [0.15, 0.2) is 0 Å². The van der Waals surface area contributed by atoms with Gasteiger partial charge in [-0.05, 0) is 68.7 Å². The van der Waals surface area contributed by atoms with Gasteiger partial charge in [-0.25, -0.2) is 0 Å². The average Bonchev–Trinajstić information content (AvgIpc) is 3.38. The molecule has 1 aliphatic carbocycles. The third-order valence-corrected chi connectivity index (χ3v) is 9.19. The highest BCUT2D eigenvalue weighted by Crippen LogP contribution is 2.49. The second kappa shape index (κ2) is 9.11. The Balaban J connectivity index is 1.55. The number of nitrogens with zero attached hydrogens (tertiary/aromatic N) is 2. The number of primary amides is 1. The van der Waals surface area contributed by atoms with Gasteiger partial charge in [-0.15, -0.1) is 0 Å². The minimum Gasteiger partial charge on any atom is -0.384 e. The first-order chi connectivity index (χ1) is 15.9. The lowest BCUT2D eigenvalue weighted by Gasteiger charge is -2.52. The van der Waals surface area contributed by atoms with Crippen LogP contribution in [-0.4, -0.2) is 57.9 Å². The first-order valence-corrected chi connectivity index (χ1v) is 13.1. The van der Waals surface area contributed by atoms with Crippen LogP contribution in [0.4, 0.5) is 0 Å². The lowest BCUT2D eigenvalue weighted by atomic mass is 9.66. The molecule has 0 radical (unpaired) electrons. The van der Waals surface area contributed by atoms with Crippen molar-refractivity contribution < 1.29 is 14.7 Å². The Kier molecular flexibility index (Phi) is 6.82. The number of carbonyl (C=O) groups is 2. The van der Waals surface area contributed by atoms with Gasteiger partial charge in [-0.3, -0.25) is 14.5 Å². The number of aliphatic hydroxyl groups is 1. The van der Waals surface area contributed by atoms with Gasteiger partial charge in [-0.1, -0.05) is 51.4 Å². The molecule has 6 nitrogen and oxygen atoms in total. The van der Waals surface area contributed by atoms with Gasteiger partial charge in [0.2, 0.25) is 11.8 Å². The third kappa shape index (κ3) is 4.27. The number of likely N-dealkylation sites (tertiary alicyclic amines) is 2. The molecule has 0 aromatic heterocycles. The van der Waals surface area contributed by atoms with Crippen LogP contribution < -0.4 is 5.73 Å². The van der Waals surface area contributed by atoms with Crippen LogP contribution in [0, 0.1) is 17.3 Å². The Morgan fingerprint density at radius 3 is 2.35 bits per heavy atom. The highest BCUT2D eigenvalue weighted by molar-refractivity contribution is 6.30. The summed E-state index contributed by atoms with van der Waals surface area (Å²) in [4.78, 5) is 30.3. The summed E-state index contributed by atoms with van der Waals surface area (Å²) < 4.78 is 0. The zero-order valence-electron chi connectivity index (χ0n) is 21.0. The molecule has 3 aliphatic rings. The molecule has 34 heavy (non-hydrogen) atoms. The number of rotatable bonds is 5. The molecule has 1 saturated carbocycles. The first kappa shape index (κ1) is 25.5. The molecule has 0 bridgehead atoms. The van der Waals surface area contributed by atoms with E-state index in [-0.39, 0.29) is 35.2 Å². The number of piperidine rings is 1.